The largest absolute Gasteiger partial charge is 0.321 e. The smallest absolute Gasteiger partial charge is 0.273 e. The third-order valence-electron chi connectivity index (χ3n) is 5.99. The Hall–Kier alpha value is -4.85. The minimum atomic E-state index is -0.271. The molecule has 0 saturated carbocycles. The summed E-state index contributed by atoms with van der Waals surface area (Å²) in [5.74, 6) is -0.421. The van der Waals surface area contributed by atoms with Crippen LogP contribution in [0.5, 0.6) is 0 Å². The Labute approximate surface area is 214 Å². The molecule has 3 aromatic heterocycles. The van der Waals surface area contributed by atoms with Crippen LogP contribution < -0.4 is 5.32 Å². The first kappa shape index (κ1) is 23.9. The number of aryl methyl sites for hydroxylation is 3. The van der Waals surface area contributed by atoms with E-state index in [2.05, 4.69) is 25.6 Å². The van der Waals surface area contributed by atoms with E-state index in [9.17, 15) is 9.59 Å². The van der Waals surface area contributed by atoms with E-state index in [1.54, 1.807) is 47.1 Å². The Balaban J connectivity index is 1.35. The monoisotopic (exact) mass is 490 g/mol. The molecule has 5 rings (SSSR count). The number of nitrogens with one attached hydrogen (secondary N) is 2. The number of pyridine rings is 1. The number of carbonyl (C=O) groups excluding carboxylic acids is 2. The maximum atomic E-state index is 13.3. The number of benzene rings is 2. The Kier molecular flexibility index (Phi) is 6.47. The van der Waals surface area contributed by atoms with Crippen molar-refractivity contribution in [2.75, 3.05) is 5.32 Å². The Morgan fingerprint density at radius 2 is 1.76 bits per heavy atom. The van der Waals surface area contributed by atoms with Gasteiger partial charge in [0, 0.05) is 34.4 Å². The number of H-pyrrole nitrogens is 1. The van der Waals surface area contributed by atoms with Crippen molar-refractivity contribution >= 4 is 40.4 Å². The minimum Gasteiger partial charge on any atom is -0.321 e. The molecule has 2 N–H and O–H groups in total. The first-order valence-corrected chi connectivity index (χ1v) is 12.0. The van der Waals surface area contributed by atoms with Crippen LogP contribution in [0.15, 0.2) is 66.7 Å². The summed E-state index contributed by atoms with van der Waals surface area (Å²) in [6, 6.07) is 20.0. The fraction of sp³-hybridized carbons (Fsp3) is 0.138. The lowest BCUT2D eigenvalue weighted by molar-refractivity contribution is 0.101. The number of nitrogens with zero attached hydrogens (tertiary/aromatic N) is 4. The zero-order valence-corrected chi connectivity index (χ0v) is 20.8. The standard InChI is InChI=1S/C29H26N6O2/c1-4-35-27(15-19(3)34-35)29(37)31-23-10-6-8-20(16-23)28(36)21-11-13-24-25(32-33-26(24)17-21)14-12-22-9-5-7-18(2)30-22/h5-17H,4H2,1-3H3,(H,31,37)(H,32,33)/b14-12+. The highest BCUT2D eigenvalue weighted by molar-refractivity contribution is 6.12. The molecule has 0 fully saturated rings. The van der Waals surface area contributed by atoms with Gasteiger partial charge in [-0.3, -0.25) is 24.4 Å². The predicted molar refractivity (Wildman–Crippen MR) is 144 cm³/mol. The molecule has 0 unspecified atom stereocenters. The Morgan fingerprint density at radius 3 is 2.57 bits per heavy atom. The third kappa shape index (κ3) is 5.08. The number of fused-ring (bicyclic) bond motifs is 1. The Morgan fingerprint density at radius 1 is 0.946 bits per heavy atom. The van der Waals surface area contributed by atoms with Gasteiger partial charge in [-0.1, -0.05) is 24.3 Å². The van der Waals surface area contributed by atoms with Crippen LogP contribution in [0, 0.1) is 13.8 Å². The highest BCUT2D eigenvalue weighted by Gasteiger charge is 2.16. The molecule has 5 aromatic rings. The average molecular weight is 491 g/mol. The number of rotatable bonds is 7. The van der Waals surface area contributed by atoms with Crippen LogP contribution in [0.4, 0.5) is 5.69 Å². The van der Waals surface area contributed by atoms with Crippen LogP contribution in [-0.2, 0) is 6.54 Å². The van der Waals surface area contributed by atoms with E-state index in [0.717, 1.165) is 33.7 Å². The summed E-state index contributed by atoms with van der Waals surface area (Å²) in [7, 11) is 0. The molecule has 8 heteroatoms. The number of aromatic amines is 1. The molecule has 8 nitrogen and oxygen atoms in total. The first-order valence-electron chi connectivity index (χ1n) is 12.0. The second kappa shape index (κ2) is 10.0. The van der Waals surface area contributed by atoms with Gasteiger partial charge in [0.05, 0.1) is 22.6 Å². The third-order valence-corrected chi connectivity index (χ3v) is 5.99. The molecule has 2 aromatic carbocycles. The predicted octanol–water partition coefficient (Wildman–Crippen LogP) is 5.44. The lowest BCUT2D eigenvalue weighted by Crippen LogP contribution is -2.17. The number of aromatic nitrogens is 5. The van der Waals surface area contributed by atoms with Crippen molar-refractivity contribution in [2.45, 2.75) is 27.3 Å². The van der Waals surface area contributed by atoms with Crippen molar-refractivity contribution in [3.63, 3.8) is 0 Å². The lowest BCUT2D eigenvalue weighted by Gasteiger charge is -2.08. The van der Waals surface area contributed by atoms with Gasteiger partial charge in [0.15, 0.2) is 5.78 Å². The van der Waals surface area contributed by atoms with Gasteiger partial charge in [-0.05, 0) is 75.4 Å². The van der Waals surface area contributed by atoms with Crippen molar-refractivity contribution in [1.82, 2.24) is 25.0 Å². The fourth-order valence-corrected chi connectivity index (χ4v) is 4.20. The maximum absolute atomic E-state index is 13.3. The highest BCUT2D eigenvalue weighted by atomic mass is 16.2. The fourth-order valence-electron chi connectivity index (χ4n) is 4.20. The normalized spacial score (nSPS) is 11.3. The van der Waals surface area contributed by atoms with E-state index in [0.29, 0.717) is 29.1 Å². The van der Waals surface area contributed by atoms with Gasteiger partial charge in [-0.15, -0.1) is 0 Å². The number of amides is 1. The van der Waals surface area contributed by atoms with E-state index >= 15 is 0 Å². The van der Waals surface area contributed by atoms with Crippen molar-refractivity contribution in [2.24, 2.45) is 0 Å². The topological polar surface area (TPSA) is 106 Å². The molecule has 0 bridgehead atoms. The molecule has 3 heterocycles. The van der Waals surface area contributed by atoms with E-state index in [-0.39, 0.29) is 11.7 Å². The van der Waals surface area contributed by atoms with Gasteiger partial charge >= 0.3 is 0 Å². The van der Waals surface area contributed by atoms with Gasteiger partial charge in [0.2, 0.25) is 0 Å². The first-order chi connectivity index (χ1) is 17.9. The van der Waals surface area contributed by atoms with E-state index in [4.69, 9.17) is 0 Å². The molecule has 0 saturated heterocycles. The summed E-state index contributed by atoms with van der Waals surface area (Å²) in [5, 5.41) is 15.5. The van der Waals surface area contributed by atoms with Crippen LogP contribution in [0.2, 0.25) is 0 Å². The second-order valence-electron chi connectivity index (χ2n) is 8.76. The van der Waals surface area contributed by atoms with Crippen LogP contribution in [-0.4, -0.2) is 36.7 Å². The molecular weight excluding hydrogens is 464 g/mol. The second-order valence-corrected chi connectivity index (χ2v) is 8.76. The number of anilines is 1. The average Bonchev–Trinajstić information content (AvgIpc) is 3.49. The van der Waals surface area contributed by atoms with Gasteiger partial charge in [0.25, 0.3) is 5.91 Å². The van der Waals surface area contributed by atoms with Crippen LogP contribution in [0.3, 0.4) is 0 Å². The van der Waals surface area contributed by atoms with Gasteiger partial charge < -0.3 is 5.32 Å². The van der Waals surface area contributed by atoms with E-state index in [1.165, 1.54) is 0 Å². The minimum absolute atomic E-state index is 0.150. The number of hydrogen-bond acceptors (Lipinski definition) is 5. The number of hydrogen-bond donors (Lipinski definition) is 2. The summed E-state index contributed by atoms with van der Waals surface area (Å²) in [4.78, 5) is 30.5. The summed E-state index contributed by atoms with van der Waals surface area (Å²) in [5.41, 5.74) is 6.11. The molecule has 0 aliphatic rings. The van der Waals surface area contributed by atoms with Gasteiger partial charge in [-0.25, -0.2) is 0 Å². The lowest BCUT2D eigenvalue weighted by atomic mass is 10.0. The molecule has 0 atom stereocenters. The van der Waals surface area contributed by atoms with Crippen molar-refractivity contribution in [1.29, 1.82) is 0 Å². The van der Waals surface area contributed by atoms with Crippen LogP contribution >= 0.6 is 0 Å². The zero-order chi connectivity index (χ0) is 25.9. The number of ketones is 1. The number of carbonyl (C=O) groups is 2. The molecule has 0 spiro atoms. The van der Waals surface area contributed by atoms with Crippen LogP contribution in [0.1, 0.15) is 56.1 Å². The van der Waals surface area contributed by atoms with Gasteiger partial charge in [0.1, 0.15) is 5.69 Å². The summed E-state index contributed by atoms with van der Waals surface area (Å²) < 4.78 is 1.65. The summed E-state index contributed by atoms with van der Waals surface area (Å²) in [6.45, 7) is 6.32. The molecule has 0 aliphatic heterocycles. The zero-order valence-electron chi connectivity index (χ0n) is 20.8. The maximum Gasteiger partial charge on any atom is 0.273 e. The quantitative estimate of drug-likeness (QED) is 0.295. The molecular formula is C29H26N6O2. The SMILES string of the molecule is CCn1nc(C)cc1C(=O)Nc1cccc(C(=O)c2ccc3c(/C=C/c4cccc(C)n4)n[nH]c3c2)c1. The molecule has 0 aliphatic carbocycles. The Bertz CT molecular complexity index is 1660. The van der Waals surface area contributed by atoms with Crippen molar-refractivity contribution in [3.05, 3.63) is 106 Å². The molecule has 1 amide bonds. The summed E-state index contributed by atoms with van der Waals surface area (Å²) in [6.07, 6.45) is 3.82. The van der Waals surface area contributed by atoms with Crippen molar-refractivity contribution in [3.8, 4) is 0 Å². The molecule has 37 heavy (non-hydrogen) atoms. The molecule has 184 valence electrons. The van der Waals surface area contributed by atoms with Crippen molar-refractivity contribution < 1.29 is 9.59 Å². The van der Waals surface area contributed by atoms with E-state index < -0.39 is 0 Å². The molecule has 0 radical (unpaired) electrons. The van der Waals surface area contributed by atoms with Crippen LogP contribution in [0.25, 0.3) is 23.1 Å². The van der Waals surface area contributed by atoms with Gasteiger partial charge in [-0.2, -0.15) is 10.2 Å². The van der Waals surface area contributed by atoms with E-state index in [1.807, 2.05) is 57.2 Å². The highest BCUT2D eigenvalue weighted by Crippen LogP contribution is 2.22. The summed E-state index contributed by atoms with van der Waals surface area (Å²) >= 11 is 0.